The van der Waals surface area contributed by atoms with E-state index in [1.165, 1.54) is 24.1 Å². The second-order valence-corrected chi connectivity index (χ2v) is 3.71. The number of hydrogen-bond donors (Lipinski definition) is 1. The first kappa shape index (κ1) is 7.74. The summed E-state index contributed by atoms with van der Waals surface area (Å²) in [6.07, 6.45) is 4.34. The monoisotopic (exact) mass is 162 g/mol. The summed E-state index contributed by atoms with van der Waals surface area (Å²) in [5, 5.41) is 0. The second kappa shape index (κ2) is 2.56. The molecule has 1 aliphatic rings. The Morgan fingerprint density at radius 1 is 1.50 bits per heavy atom. The zero-order valence-corrected chi connectivity index (χ0v) is 7.38. The van der Waals surface area contributed by atoms with Crippen LogP contribution in [0, 0.1) is 6.92 Å². The van der Waals surface area contributed by atoms with Gasteiger partial charge in [0.2, 0.25) is 0 Å². The molecular formula is C10H14N2. The van der Waals surface area contributed by atoms with Crippen molar-refractivity contribution in [3.8, 4) is 0 Å². The maximum absolute atomic E-state index is 5.70. The van der Waals surface area contributed by atoms with Gasteiger partial charge in [-0.1, -0.05) is 6.07 Å². The molecule has 0 bridgehead atoms. The molecule has 2 N–H and O–H groups in total. The Bertz CT molecular complexity index is 272. The molecule has 1 aromatic rings. The van der Waals surface area contributed by atoms with Crippen molar-refractivity contribution in [3.05, 3.63) is 29.6 Å². The van der Waals surface area contributed by atoms with E-state index >= 15 is 0 Å². The van der Waals surface area contributed by atoms with Gasteiger partial charge >= 0.3 is 0 Å². The summed E-state index contributed by atoms with van der Waals surface area (Å²) >= 11 is 0. The van der Waals surface area contributed by atoms with Crippen LogP contribution in [0.15, 0.2) is 18.3 Å². The lowest BCUT2D eigenvalue weighted by Crippen LogP contribution is -2.20. The first-order valence-corrected chi connectivity index (χ1v) is 4.40. The molecule has 0 atom stereocenters. The van der Waals surface area contributed by atoms with E-state index < -0.39 is 0 Å². The van der Waals surface area contributed by atoms with Gasteiger partial charge < -0.3 is 5.73 Å². The zero-order valence-electron chi connectivity index (χ0n) is 7.38. The normalized spacial score (nSPS) is 19.2. The van der Waals surface area contributed by atoms with E-state index in [-0.39, 0.29) is 5.41 Å². The lowest BCUT2D eigenvalue weighted by atomic mass is 10.0. The van der Waals surface area contributed by atoms with Gasteiger partial charge in [0.25, 0.3) is 0 Å². The topological polar surface area (TPSA) is 38.9 Å². The van der Waals surface area contributed by atoms with Crippen LogP contribution in [0.25, 0.3) is 0 Å². The SMILES string of the molecule is Cc1ccc(C2(CN)CC2)nc1. The summed E-state index contributed by atoms with van der Waals surface area (Å²) in [4.78, 5) is 4.40. The summed E-state index contributed by atoms with van der Waals surface area (Å²) in [5.74, 6) is 0. The second-order valence-electron chi connectivity index (χ2n) is 3.71. The van der Waals surface area contributed by atoms with Crippen molar-refractivity contribution >= 4 is 0 Å². The summed E-state index contributed by atoms with van der Waals surface area (Å²) < 4.78 is 0. The number of rotatable bonds is 2. The van der Waals surface area contributed by atoms with Gasteiger partial charge in [0.15, 0.2) is 0 Å². The highest BCUT2D eigenvalue weighted by molar-refractivity contribution is 5.26. The van der Waals surface area contributed by atoms with Gasteiger partial charge in [0, 0.05) is 23.9 Å². The molecular weight excluding hydrogens is 148 g/mol. The molecule has 1 aliphatic carbocycles. The van der Waals surface area contributed by atoms with Crippen LogP contribution in [-0.4, -0.2) is 11.5 Å². The molecule has 2 rings (SSSR count). The molecule has 0 aromatic carbocycles. The molecule has 0 unspecified atom stereocenters. The Morgan fingerprint density at radius 2 is 2.25 bits per heavy atom. The molecule has 1 heterocycles. The van der Waals surface area contributed by atoms with Crippen molar-refractivity contribution in [3.63, 3.8) is 0 Å². The number of pyridine rings is 1. The van der Waals surface area contributed by atoms with Crippen LogP contribution in [0.1, 0.15) is 24.1 Å². The van der Waals surface area contributed by atoms with Crippen LogP contribution in [-0.2, 0) is 5.41 Å². The Balaban J connectivity index is 2.29. The fourth-order valence-electron chi connectivity index (χ4n) is 1.50. The Labute approximate surface area is 72.8 Å². The molecule has 1 aromatic heterocycles. The molecule has 0 saturated heterocycles. The number of aromatic nitrogens is 1. The third-order valence-electron chi connectivity index (χ3n) is 2.70. The summed E-state index contributed by atoms with van der Waals surface area (Å²) in [5.41, 5.74) is 8.33. The third-order valence-corrected chi connectivity index (χ3v) is 2.70. The van der Waals surface area contributed by atoms with Crippen LogP contribution in [0.2, 0.25) is 0 Å². The van der Waals surface area contributed by atoms with Crippen molar-refractivity contribution < 1.29 is 0 Å². The molecule has 1 fully saturated rings. The van der Waals surface area contributed by atoms with Gasteiger partial charge in [-0.15, -0.1) is 0 Å². The standard InChI is InChI=1S/C10H14N2/c1-8-2-3-9(12-6-8)10(7-11)4-5-10/h2-3,6H,4-5,7,11H2,1H3. The van der Waals surface area contributed by atoms with Crippen LogP contribution in [0.4, 0.5) is 0 Å². The predicted octanol–water partition coefficient (Wildman–Crippen LogP) is 1.38. The molecule has 1 saturated carbocycles. The van der Waals surface area contributed by atoms with E-state index in [9.17, 15) is 0 Å². The smallest absolute Gasteiger partial charge is 0.0478 e. The molecule has 0 radical (unpaired) electrons. The minimum absolute atomic E-state index is 0.244. The van der Waals surface area contributed by atoms with Gasteiger partial charge in [0.1, 0.15) is 0 Å². The highest BCUT2D eigenvalue weighted by Gasteiger charge is 2.43. The third kappa shape index (κ3) is 1.12. The van der Waals surface area contributed by atoms with Crippen LogP contribution >= 0.6 is 0 Å². The van der Waals surface area contributed by atoms with Crippen molar-refractivity contribution in [2.75, 3.05) is 6.54 Å². The molecule has 0 aliphatic heterocycles. The van der Waals surface area contributed by atoms with Crippen molar-refractivity contribution in [2.45, 2.75) is 25.2 Å². The number of nitrogens with zero attached hydrogens (tertiary/aromatic N) is 1. The summed E-state index contributed by atoms with van der Waals surface area (Å²) in [6.45, 7) is 2.79. The lowest BCUT2D eigenvalue weighted by Gasteiger charge is -2.10. The average Bonchev–Trinajstić information content (AvgIpc) is 2.86. The molecule has 12 heavy (non-hydrogen) atoms. The van der Waals surface area contributed by atoms with Gasteiger partial charge in [-0.05, 0) is 31.4 Å². The van der Waals surface area contributed by atoms with Gasteiger partial charge in [0.05, 0.1) is 0 Å². The van der Waals surface area contributed by atoms with E-state index in [0.717, 1.165) is 6.54 Å². The first-order valence-electron chi connectivity index (χ1n) is 4.40. The van der Waals surface area contributed by atoms with E-state index in [0.29, 0.717) is 0 Å². The number of hydrogen-bond acceptors (Lipinski definition) is 2. The Kier molecular flexibility index (Phi) is 1.65. The maximum Gasteiger partial charge on any atom is 0.0478 e. The molecule has 2 heteroatoms. The highest BCUT2D eigenvalue weighted by atomic mass is 14.8. The lowest BCUT2D eigenvalue weighted by molar-refractivity contribution is 0.678. The fourth-order valence-corrected chi connectivity index (χ4v) is 1.50. The minimum atomic E-state index is 0.244. The average molecular weight is 162 g/mol. The van der Waals surface area contributed by atoms with Crippen LogP contribution in [0.3, 0.4) is 0 Å². The largest absolute Gasteiger partial charge is 0.330 e. The quantitative estimate of drug-likeness (QED) is 0.713. The van der Waals surface area contributed by atoms with Gasteiger partial charge in [-0.2, -0.15) is 0 Å². The summed E-state index contributed by atoms with van der Waals surface area (Å²) in [7, 11) is 0. The van der Waals surface area contributed by atoms with Gasteiger partial charge in [-0.25, -0.2) is 0 Å². The molecule has 0 amide bonds. The van der Waals surface area contributed by atoms with Crippen molar-refractivity contribution in [1.82, 2.24) is 4.98 Å². The Morgan fingerprint density at radius 3 is 2.67 bits per heavy atom. The predicted molar refractivity (Wildman–Crippen MR) is 48.9 cm³/mol. The highest BCUT2D eigenvalue weighted by Crippen LogP contribution is 2.46. The van der Waals surface area contributed by atoms with Crippen molar-refractivity contribution in [2.24, 2.45) is 5.73 Å². The Hall–Kier alpha value is -0.890. The first-order chi connectivity index (χ1) is 5.77. The van der Waals surface area contributed by atoms with E-state index in [4.69, 9.17) is 5.73 Å². The van der Waals surface area contributed by atoms with Gasteiger partial charge in [-0.3, -0.25) is 4.98 Å². The molecule has 2 nitrogen and oxygen atoms in total. The number of nitrogens with two attached hydrogens (primary N) is 1. The summed E-state index contributed by atoms with van der Waals surface area (Å²) in [6, 6.07) is 4.22. The molecule has 0 spiro atoms. The van der Waals surface area contributed by atoms with E-state index in [1.54, 1.807) is 0 Å². The molecule has 64 valence electrons. The zero-order chi connectivity index (χ0) is 8.60. The fraction of sp³-hybridized carbons (Fsp3) is 0.500. The van der Waals surface area contributed by atoms with Crippen LogP contribution in [0.5, 0.6) is 0 Å². The maximum atomic E-state index is 5.70. The van der Waals surface area contributed by atoms with Crippen LogP contribution < -0.4 is 5.73 Å². The van der Waals surface area contributed by atoms with E-state index in [1.807, 2.05) is 6.20 Å². The minimum Gasteiger partial charge on any atom is -0.330 e. The van der Waals surface area contributed by atoms with E-state index in [2.05, 4.69) is 24.0 Å². The number of aryl methyl sites for hydroxylation is 1. The van der Waals surface area contributed by atoms with Crippen molar-refractivity contribution in [1.29, 1.82) is 0 Å².